The number of rotatable bonds is 4. The molecule has 2 aromatic carbocycles. The Morgan fingerprint density at radius 3 is 2.60 bits per heavy atom. The topological polar surface area (TPSA) is 78.4 Å². The molecule has 2 atom stereocenters. The van der Waals surface area contributed by atoms with Gasteiger partial charge in [-0.05, 0) is 42.2 Å². The fraction of sp³-hybridized carbons (Fsp3) is 0.222. The molecule has 0 bridgehead atoms. The van der Waals surface area contributed by atoms with Crippen LogP contribution in [0.3, 0.4) is 0 Å². The zero-order chi connectivity index (χ0) is 18.0. The SMILES string of the molecule is O=C(C[C@@H]1C[C@@H](C(=O)O)Nc2cc(Cl)cc(Cl)c21)Nc1ccccc1. The molecule has 1 amide bonds. The molecule has 1 heterocycles. The minimum atomic E-state index is -0.977. The number of hydrogen-bond donors (Lipinski definition) is 3. The molecule has 0 saturated heterocycles. The summed E-state index contributed by atoms with van der Waals surface area (Å²) in [5.41, 5.74) is 1.99. The van der Waals surface area contributed by atoms with E-state index in [1.807, 2.05) is 18.2 Å². The van der Waals surface area contributed by atoms with E-state index in [9.17, 15) is 14.7 Å². The third kappa shape index (κ3) is 4.06. The zero-order valence-electron chi connectivity index (χ0n) is 13.1. The molecule has 0 saturated carbocycles. The maximum Gasteiger partial charge on any atom is 0.326 e. The molecule has 130 valence electrons. The van der Waals surface area contributed by atoms with Crippen LogP contribution in [-0.4, -0.2) is 23.0 Å². The first kappa shape index (κ1) is 17.6. The van der Waals surface area contributed by atoms with Crippen molar-refractivity contribution in [3.8, 4) is 0 Å². The lowest BCUT2D eigenvalue weighted by Crippen LogP contribution is -2.36. The number of para-hydroxylation sites is 1. The average molecular weight is 379 g/mol. The minimum absolute atomic E-state index is 0.134. The molecule has 0 spiro atoms. The molecule has 1 aliphatic heterocycles. The third-order valence-corrected chi connectivity index (χ3v) is 4.67. The number of carbonyl (C=O) groups excluding carboxylic acids is 1. The smallest absolute Gasteiger partial charge is 0.326 e. The maximum absolute atomic E-state index is 12.4. The largest absolute Gasteiger partial charge is 0.480 e. The van der Waals surface area contributed by atoms with Gasteiger partial charge in [-0.15, -0.1) is 0 Å². The Bertz CT molecular complexity index is 811. The van der Waals surface area contributed by atoms with Crippen molar-refractivity contribution in [3.63, 3.8) is 0 Å². The number of carbonyl (C=O) groups is 2. The molecule has 3 rings (SSSR count). The summed E-state index contributed by atoms with van der Waals surface area (Å²) in [5.74, 6) is -1.49. The van der Waals surface area contributed by atoms with Gasteiger partial charge < -0.3 is 15.7 Å². The highest BCUT2D eigenvalue weighted by Crippen LogP contribution is 2.42. The molecule has 0 unspecified atom stereocenters. The summed E-state index contributed by atoms with van der Waals surface area (Å²) in [4.78, 5) is 23.8. The fourth-order valence-electron chi connectivity index (χ4n) is 3.07. The van der Waals surface area contributed by atoms with Crippen LogP contribution in [0.1, 0.15) is 24.3 Å². The molecule has 2 aromatic rings. The van der Waals surface area contributed by atoms with Crippen LogP contribution in [0, 0.1) is 0 Å². The molecule has 7 heteroatoms. The quantitative estimate of drug-likeness (QED) is 0.737. The van der Waals surface area contributed by atoms with E-state index in [2.05, 4.69) is 10.6 Å². The lowest BCUT2D eigenvalue weighted by molar-refractivity contribution is -0.138. The first-order valence-electron chi connectivity index (χ1n) is 7.77. The first-order valence-corrected chi connectivity index (χ1v) is 8.53. The number of halogens is 2. The predicted octanol–water partition coefficient (Wildman–Crippen LogP) is 4.37. The zero-order valence-corrected chi connectivity index (χ0v) is 14.6. The summed E-state index contributed by atoms with van der Waals surface area (Å²) in [5, 5.41) is 15.9. The maximum atomic E-state index is 12.4. The molecule has 0 radical (unpaired) electrons. The minimum Gasteiger partial charge on any atom is -0.480 e. The Kier molecular flexibility index (Phi) is 5.16. The molecule has 0 fully saturated rings. The van der Waals surface area contributed by atoms with Crippen molar-refractivity contribution in [3.05, 3.63) is 58.1 Å². The molecular weight excluding hydrogens is 363 g/mol. The van der Waals surface area contributed by atoms with Gasteiger partial charge in [0.2, 0.25) is 5.91 Å². The van der Waals surface area contributed by atoms with E-state index in [-0.39, 0.29) is 24.7 Å². The summed E-state index contributed by atoms with van der Waals surface area (Å²) in [6.45, 7) is 0. The van der Waals surface area contributed by atoms with Gasteiger partial charge in [0.15, 0.2) is 0 Å². The van der Waals surface area contributed by atoms with Crippen LogP contribution in [-0.2, 0) is 9.59 Å². The normalized spacial score (nSPS) is 18.8. The Morgan fingerprint density at radius 1 is 1.20 bits per heavy atom. The Balaban J connectivity index is 1.85. The summed E-state index contributed by atoms with van der Waals surface area (Å²) in [6, 6.07) is 11.6. The van der Waals surface area contributed by atoms with E-state index in [4.69, 9.17) is 23.2 Å². The van der Waals surface area contributed by atoms with Crippen LogP contribution in [0.15, 0.2) is 42.5 Å². The van der Waals surface area contributed by atoms with Crippen molar-refractivity contribution < 1.29 is 14.7 Å². The van der Waals surface area contributed by atoms with Crippen molar-refractivity contribution in [2.75, 3.05) is 10.6 Å². The predicted molar refractivity (Wildman–Crippen MR) is 98.6 cm³/mol. The van der Waals surface area contributed by atoms with Gasteiger partial charge >= 0.3 is 5.97 Å². The van der Waals surface area contributed by atoms with E-state index in [1.165, 1.54) is 0 Å². The van der Waals surface area contributed by atoms with Crippen LogP contribution < -0.4 is 10.6 Å². The molecule has 25 heavy (non-hydrogen) atoms. The van der Waals surface area contributed by atoms with Gasteiger partial charge in [-0.2, -0.15) is 0 Å². The van der Waals surface area contributed by atoms with Gasteiger partial charge in [0.05, 0.1) is 0 Å². The van der Waals surface area contributed by atoms with Crippen molar-refractivity contribution in [1.82, 2.24) is 0 Å². The molecule has 0 aliphatic carbocycles. The second kappa shape index (κ2) is 7.33. The van der Waals surface area contributed by atoms with E-state index < -0.39 is 12.0 Å². The summed E-state index contributed by atoms with van der Waals surface area (Å²) in [6.07, 6.45) is 0.403. The second-order valence-corrected chi connectivity index (χ2v) is 6.78. The number of aliphatic carboxylic acids is 1. The van der Waals surface area contributed by atoms with Crippen molar-refractivity contribution in [2.45, 2.75) is 24.8 Å². The van der Waals surface area contributed by atoms with Gasteiger partial charge in [-0.25, -0.2) is 4.79 Å². The number of hydrogen-bond acceptors (Lipinski definition) is 3. The number of carboxylic acid groups (broad SMARTS) is 1. The lowest BCUT2D eigenvalue weighted by Gasteiger charge is -2.31. The number of fused-ring (bicyclic) bond motifs is 1. The van der Waals surface area contributed by atoms with Crippen LogP contribution in [0.5, 0.6) is 0 Å². The van der Waals surface area contributed by atoms with Gasteiger partial charge in [0, 0.05) is 27.8 Å². The fourth-order valence-corrected chi connectivity index (χ4v) is 3.72. The molecule has 1 aliphatic rings. The van der Waals surface area contributed by atoms with Crippen molar-refractivity contribution >= 4 is 46.5 Å². The second-order valence-electron chi connectivity index (χ2n) is 5.93. The van der Waals surface area contributed by atoms with E-state index >= 15 is 0 Å². The molecule has 5 nitrogen and oxygen atoms in total. The van der Waals surface area contributed by atoms with E-state index in [0.29, 0.717) is 21.4 Å². The summed E-state index contributed by atoms with van der Waals surface area (Å²) < 4.78 is 0. The van der Waals surface area contributed by atoms with Crippen LogP contribution in [0.2, 0.25) is 10.0 Å². The number of anilines is 2. The lowest BCUT2D eigenvalue weighted by atomic mass is 9.84. The summed E-state index contributed by atoms with van der Waals surface area (Å²) in [7, 11) is 0. The van der Waals surface area contributed by atoms with Crippen LogP contribution >= 0.6 is 23.2 Å². The van der Waals surface area contributed by atoms with Gasteiger partial charge in [0.1, 0.15) is 6.04 Å². The Hall–Kier alpha value is -2.24. The van der Waals surface area contributed by atoms with E-state index in [1.54, 1.807) is 24.3 Å². The third-order valence-electron chi connectivity index (χ3n) is 4.14. The number of nitrogens with one attached hydrogen (secondary N) is 2. The van der Waals surface area contributed by atoms with Crippen molar-refractivity contribution in [1.29, 1.82) is 0 Å². The highest BCUT2D eigenvalue weighted by Gasteiger charge is 2.33. The van der Waals surface area contributed by atoms with Crippen LogP contribution in [0.25, 0.3) is 0 Å². The van der Waals surface area contributed by atoms with Crippen LogP contribution in [0.4, 0.5) is 11.4 Å². The van der Waals surface area contributed by atoms with Gasteiger partial charge in [0.25, 0.3) is 0 Å². The Morgan fingerprint density at radius 2 is 1.92 bits per heavy atom. The van der Waals surface area contributed by atoms with Gasteiger partial charge in [-0.3, -0.25) is 4.79 Å². The average Bonchev–Trinajstić information content (AvgIpc) is 2.54. The highest BCUT2D eigenvalue weighted by molar-refractivity contribution is 6.35. The monoisotopic (exact) mass is 378 g/mol. The highest BCUT2D eigenvalue weighted by atomic mass is 35.5. The first-order chi connectivity index (χ1) is 11.9. The molecule has 3 N–H and O–H groups in total. The molecular formula is C18H16Cl2N2O3. The van der Waals surface area contributed by atoms with Crippen molar-refractivity contribution in [2.24, 2.45) is 0 Å². The standard InChI is InChI=1S/C18H16Cl2N2O3/c19-11-8-13(20)17-10(6-15(18(24)25)22-14(17)9-11)7-16(23)21-12-4-2-1-3-5-12/h1-5,8-10,15,22H,6-7H2,(H,21,23)(H,24,25)/t10-,15-/m0/s1. The van der Waals surface area contributed by atoms with E-state index in [0.717, 1.165) is 5.56 Å². The van der Waals surface area contributed by atoms with Gasteiger partial charge in [-0.1, -0.05) is 41.4 Å². The number of carboxylic acids is 1. The summed E-state index contributed by atoms with van der Waals surface area (Å²) >= 11 is 12.3. The number of amides is 1. The number of benzene rings is 2. The molecule has 0 aromatic heterocycles. The Labute approximate surface area is 154 Å².